The second-order valence-corrected chi connectivity index (χ2v) is 3.69. The molecule has 0 atom stereocenters. The van der Waals surface area contributed by atoms with Gasteiger partial charge in [0.25, 0.3) is 0 Å². The Morgan fingerprint density at radius 2 is 1.71 bits per heavy atom. The number of aryl methyl sites for hydroxylation is 1. The normalized spacial score (nSPS) is 10.6. The van der Waals surface area contributed by atoms with Crippen LogP contribution in [0.5, 0.6) is 5.75 Å². The minimum absolute atomic E-state index is 0.748. The van der Waals surface area contributed by atoms with E-state index in [1.54, 1.807) is 6.21 Å². The van der Waals surface area contributed by atoms with Gasteiger partial charge in [0.15, 0.2) is 5.75 Å². The average Bonchev–Trinajstić information content (AvgIpc) is 2.40. The van der Waals surface area contributed by atoms with Crippen LogP contribution in [0.4, 0.5) is 0 Å². The van der Waals surface area contributed by atoms with Crippen LogP contribution < -0.4 is 4.84 Å². The highest BCUT2D eigenvalue weighted by atomic mass is 16.6. The molecule has 2 heteroatoms. The largest absolute Gasteiger partial charge is 0.357 e. The van der Waals surface area contributed by atoms with Gasteiger partial charge in [0.2, 0.25) is 0 Å². The van der Waals surface area contributed by atoms with Gasteiger partial charge in [-0.3, -0.25) is 0 Å². The molecule has 0 aliphatic heterocycles. The van der Waals surface area contributed by atoms with Crippen LogP contribution in [-0.4, -0.2) is 6.21 Å². The predicted molar refractivity (Wildman–Crippen MR) is 70.5 cm³/mol. The van der Waals surface area contributed by atoms with E-state index in [4.69, 9.17) is 4.84 Å². The lowest BCUT2D eigenvalue weighted by Gasteiger charge is -2.01. The minimum atomic E-state index is 0.748. The van der Waals surface area contributed by atoms with E-state index in [1.807, 2.05) is 48.5 Å². The summed E-state index contributed by atoms with van der Waals surface area (Å²) in [4.78, 5) is 5.28. The fourth-order valence-corrected chi connectivity index (χ4v) is 1.61. The summed E-state index contributed by atoms with van der Waals surface area (Å²) in [6.07, 6.45) is 2.75. The third kappa shape index (κ3) is 3.18. The molecular weight excluding hydrogens is 210 g/mol. The fraction of sp³-hybridized carbons (Fsp3) is 0.133. The van der Waals surface area contributed by atoms with Crippen LogP contribution in [-0.2, 0) is 6.42 Å². The van der Waals surface area contributed by atoms with Crippen molar-refractivity contribution in [3.05, 3.63) is 65.7 Å². The Balaban J connectivity index is 2.06. The fourth-order valence-electron chi connectivity index (χ4n) is 1.61. The molecule has 0 N–H and O–H groups in total. The molecule has 0 aliphatic rings. The summed E-state index contributed by atoms with van der Waals surface area (Å²) in [6.45, 7) is 2.13. The molecule has 0 aromatic heterocycles. The second-order valence-electron chi connectivity index (χ2n) is 3.69. The molecule has 86 valence electrons. The van der Waals surface area contributed by atoms with Crippen molar-refractivity contribution in [3.63, 3.8) is 0 Å². The molecule has 2 nitrogen and oxygen atoms in total. The van der Waals surface area contributed by atoms with Crippen LogP contribution in [0.1, 0.15) is 18.1 Å². The van der Waals surface area contributed by atoms with E-state index in [-0.39, 0.29) is 0 Å². The number of oxime groups is 1. The Kier molecular flexibility index (Phi) is 3.92. The zero-order valence-corrected chi connectivity index (χ0v) is 9.84. The molecule has 2 rings (SSSR count). The molecule has 0 amide bonds. The highest BCUT2D eigenvalue weighted by molar-refractivity contribution is 5.81. The molecule has 2 aromatic rings. The van der Waals surface area contributed by atoms with Gasteiger partial charge in [-0.25, -0.2) is 0 Å². The average molecular weight is 225 g/mol. The first-order valence-electron chi connectivity index (χ1n) is 5.73. The number of benzene rings is 2. The standard InChI is InChI=1S/C15H15NO/c1-2-13-8-6-7-9-14(13)12-16-17-15-10-4-3-5-11-15/h3-12H,2H2,1H3/b16-12+. The quantitative estimate of drug-likeness (QED) is 0.574. The molecule has 17 heavy (non-hydrogen) atoms. The van der Waals surface area contributed by atoms with Crippen LogP contribution >= 0.6 is 0 Å². The minimum Gasteiger partial charge on any atom is -0.357 e. The highest BCUT2D eigenvalue weighted by Crippen LogP contribution is 2.10. The molecule has 2 aromatic carbocycles. The second kappa shape index (κ2) is 5.85. The summed E-state index contributed by atoms with van der Waals surface area (Å²) in [5.74, 6) is 0.748. The van der Waals surface area contributed by atoms with Crippen LogP contribution in [0, 0.1) is 0 Å². The SMILES string of the molecule is CCc1ccccc1/C=N/Oc1ccccc1. The lowest BCUT2D eigenvalue weighted by molar-refractivity contribution is 0.344. The first-order valence-corrected chi connectivity index (χ1v) is 5.73. The van der Waals surface area contributed by atoms with Crippen LogP contribution in [0.25, 0.3) is 0 Å². The van der Waals surface area contributed by atoms with E-state index in [9.17, 15) is 0 Å². The zero-order valence-electron chi connectivity index (χ0n) is 9.84. The van der Waals surface area contributed by atoms with Gasteiger partial charge < -0.3 is 4.84 Å². The maximum absolute atomic E-state index is 5.28. The van der Waals surface area contributed by atoms with Crippen LogP contribution in [0.15, 0.2) is 59.8 Å². The summed E-state index contributed by atoms with van der Waals surface area (Å²) in [7, 11) is 0. The van der Waals surface area contributed by atoms with Crippen molar-refractivity contribution in [3.8, 4) is 5.75 Å². The molecule has 0 aliphatic carbocycles. The van der Waals surface area contributed by atoms with Crippen molar-refractivity contribution in [1.29, 1.82) is 0 Å². The Labute approximate surface area is 102 Å². The van der Waals surface area contributed by atoms with E-state index in [0.717, 1.165) is 17.7 Å². The number of hydrogen-bond acceptors (Lipinski definition) is 2. The van der Waals surface area contributed by atoms with E-state index in [1.165, 1.54) is 5.56 Å². The number of hydrogen-bond donors (Lipinski definition) is 0. The summed E-state index contributed by atoms with van der Waals surface area (Å²) < 4.78 is 0. The van der Waals surface area contributed by atoms with Crippen molar-refractivity contribution in [2.45, 2.75) is 13.3 Å². The van der Waals surface area contributed by atoms with Gasteiger partial charge in [-0.05, 0) is 29.7 Å². The predicted octanol–water partition coefficient (Wildman–Crippen LogP) is 3.66. The van der Waals surface area contributed by atoms with Crippen molar-refractivity contribution < 1.29 is 4.84 Å². The van der Waals surface area contributed by atoms with Crippen LogP contribution in [0.2, 0.25) is 0 Å². The van der Waals surface area contributed by atoms with Crippen molar-refractivity contribution in [1.82, 2.24) is 0 Å². The molecule has 0 fully saturated rings. The summed E-state index contributed by atoms with van der Waals surface area (Å²) in [6, 6.07) is 17.7. The van der Waals surface area contributed by atoms with E-state index < -0.39 is 0 Å². The van der Waals surface area contributed by atoms with Gasteiger partial charge >= 0.3 is 0 Å². The van der Waals surface area contributed by atoms with E-state index in [0.29, 0.717) is 0 Å². The van der Waals surface area contributed by atoms with Crippen LogP contribution in [0.3, 0.4) is 0 Å². The summed E-state index contributed by atoms with van der Waals surface area (Å²) in [5, 5.41) is 4.00. The lowest BCUT2D eigenvalue weighted by atomic mass is 10.1. The van der Waals surface area contributed by atoms with Gasteiger partial charge in [0, 0.05) is 0 Å². The van der Waals surface area contributed by atoms with Crippen molar-refractivity contribution in [2.24, 2.45) is 5.16 Å². The monoisotopic (exact) mass is 225 g/mol. The van der Waals surface area contributed by atoms with Crippen molar-refractivity contribution >= 4 is 6.21 Å². The van der Waals surface area contributed by atoms with E-state index >= 15 is 0 Å². The molecule has 0 saturated heterocycles. The molecule has 0 unspecified atom stereocenters. The molecule has 0 bridgehead atoms. The number of rotatable bonds is 4. The third-order valence-corrected chi connectivity index (χ3v) is 2.53. The van der Waals surface area contributed by atoms with Crippen molar-refractivity contribution in [2.75, 3.05) is 0 Å². The van der Waals surface area contributed by atoms with Gasteiger partial charge in [-0.15, -0.1) is 0 Å². The molecule has 0 saturated carbocycles. The maximum atomic E-state index is 5.28. The number of nitrogens with zero attached hydrogens (tertiary/aromatic N) is 1. The highest BCUT2D eigenvalue weighted by Gasteiger charge is 1.95. The number of para-hydroxylation sites is 1. The molecule has 0 heterocycles. The Hall–Kier alpha value is -2.09. The van der Waals surface area contributed by atoms with E-state index in [2.05, 4.69) is 18.1 Å². The van der Waals surface area contributed by atoms with Gasteiger partial charge in [0.05, 0.1) is 6.21 Å². The van der Waals surface area contributed by atoms with Gasteiger partial charge in [-0.1, -0.05) is 54.5 Å². The Bertz CT molecular complexity index is 491. The van der Waals surface area contributed by atoms with Gasteiger partial charge in [-0.2, -0.15) is 0 Å². The Morgan fingerprint density at radius 1 is 1.00 bits per heavy atom. The third-order valence-electron chi connectivity index (χ3n) is 2.53. The summed E-state index contributed by atoms with van der Waals surface area (Å²) in [5.41, 5.74) is 2.37. The first kappa shape index (κ1) is 11.4. The summed E-state index contributed by atoms with van der Waals surface area (Å²) >= 11 is 0. The maximum Gasteiger partial charge on any atom is 0.157 e. The lowest BCUT2D eigenvalue weighted by Crippen LogP contribution is -1.92. The molecule has 0 radical (unpaired) electrons. The Morgan fingerprint density at radius 3 is 2.47 bits per heavy atom. The smallest absolute Gasteiger partial charge is 0.157 e. The molecule has 0 spiro atoms. The topological polar surface area (TPSA) is 21.6 Å². The van der Waals surface area contributed by atoms with Gasteiger partial charge in [0.1, 0.15) is 0 Å². The first-order chi connectivity index (χ1) is 8.40. The molecular formula is C15H15NO. The zero-order chi connectivity index (χ0) is 11.9.